The Labute approximate surface area is 75.9 Å². The van der Waals surface area contributed by atoms with Gasteiger partial charge in [0.25, 0.3) is 0 Å². The zero-order chi connectivity index (χ0) is 9.14. The number of aliphatic hydroxyl groups excluding tert-OH is 2. The Bertz CT molecular complexity index is 205. The average Bonchev–Trinajstić information content (AvgIpc) is 2.30. The minimum absolute atomic E-state index is 0.256. The van der Waals surface area contributed by atoms with E-state index in [2.05, 4.69) is 22.4 Å². The second-order valence-corrected chi connectivity index (χ2v) is 2.98. The van der Waals surface area contributed by atoms with Crippen molar-refractivity contribution >= 4 is 17.4 Å². The second-order valence-electron chi connectivity index (χ2n) is 2.79. The third kappa shape index (κ3) is 1.88. The topological polar surface area (TPSA) is 62.0 Å². The van der Waals surface area contributed by atoms with Gasteiger partial charge >= 0.3 is 0 Å². The zero-order valence-electron chi connectivity index (χ0n) is 6.67. The normalized spacial score (nSPS) is 40.9. The Balaban J connectivity index is 2.52. The Morgan fingerprint density at radius 1 is 1.50 bits per heavy atom. The number of hydrogen-bond acceptors (Lipinski definition) is 5. The van der Waals surface area contributed by atoms with E-state index in [1.807, 2.05) is 0 Å². The van der Waals surface area contributed by atoms with Gasteiger partial charge in [-0.25, -0.2) is 4.99 Å². The first kappa shape index (κ1) is 9.77. The van der Waals surface area contributed by atoms with Gasteiger partial charge in [-0.05, 0) is 19.1 Å². The molecule has 0 aromatic heterocycles. The molecular weight excluding hydrogens is 178 g/mol. The minimum Gasteiger partial charge on any atom is -0.388 e. The number of hydrogen-bond donors (Lipinski definition) is 2. The van der Waals surface area contributed by atoms with Crippen molar-refractivity contribution in [2.75, 3.05) is 6.54 Å². The maximum Gasteiger partial charge on any atom is 0.110 e. The van der Waals surface area contributed by atoms with E-state index >= 15 is 0 Å². The first-order chi connectivity index (χ1) is 5.66. The summed E-state index contributed by atoms with van der Waals surface area (Å²) < 4.78 is 5.21. The molecule has 12 heavy (non-hydrogen) atoms. The fourth-order valence-corrected chi connectivity index (χ4v) is 1.29. The van der Waals surface area contributed by atoms with Gasteiger partial charge in [-0.15, -0.1) is 0 Å². The van der Waals surface area contributed by atoms with Crippen LogP contribution in [0, 0.1) is 0 Å². The maximum atomic E-state index is 9.36. The van der Waals surface area contributed by atoms with Crippen LogP contribution in [0.15, 0.2) is 4.99 Å². The molecule has 1 aliphatic heterocycles. The van der Waals surface area contributed by atoms with E-state index in [4.69, 9.17) is 4.74 Å². The molecule has 0 aromatic rings. The van der Waals surface area contributed by atoms with Crippen LogP contribution in [-0.2, 0) is 4.74 Å². The summed E-state index contributed by atoms with van der Waals surface area (Å²) in [5.41, 5.74) is 0. The SMILES string of the molecule is C[C@@H]1O[C@H](CN=C=S)[C@H](O)C1O. The van der Waals surface area contributed by atoms with Crippen molar-refractivity contribution in [3.8, 4) is 0 Å². The predicted molar refractivity (Wildman–Crippen MR) is 46.2 cm³/mol. The fourth-order valence-electron chi connectivity index (χ4n) is 1.21. The van der Waals surface area contributed by atoms with Crippen LogP contribution < -0.4 is 0 Å². The van der Waals surface area contributed by atoms with Crippen molar-refractivity contribution in [1.82, 2.24) is 0 Å². The molecule has 1 aliphatic rings. The molecular formula is C7H11NO3S. The summed E-state index contributed by atoms with van der Waals surface area (Å²) in [6, 6.07) is 0. The van der Waals surface area contributed by atoms with E-state index in [1.54, 1.807) is 6.92 Å². The van der Waals surface area contributed by atoms with E-state index in [-0.39, 0.29) is 12.6 Å². The van der Waals surface area contributed by atoms with Gasteiger partial charge in [0.1, 0.15) is 18.3 Å². The molecule has 0 amide bonds. The van der Waals surface area contributed by atoms with E-state index < -0.39 is 18.3 Å². The quantitative estimate of drug-likeness (QED) is 0.458. The smallest absolute Gasteiger partial charge is 0.110 e. The molecule has 4 atom stereocenters. The van der Waals surface area contributed by atoms with Gasteiger partial charge in [0.05, 0.1) is 17.8 Å². The van der Waals surface area contributed by atoms with E-state index in [9.17, 15) is 10.2 Å². The fraction of sp³-hybridized carbons (Fsp3) is 0.857. The molecule has 0 aromatic carbocycles. The van der Waals surface area contributed by atoms with Crippen LogP contribution in [-0.4, -0.2) is 46.3 Å². The van der Waals surface area contributed by atoms with Crippen LogP contribution in [0.3, 0.4) is 0 Å². The number of aliphatic hydroxyl groups is 2. The highest BCUT2D eigenvalue weighted by Crippen LogP contribution is 2.20. The van der Waals surface area contributed by atoms with E-state index in [0.717, 1.165) is 0 Å². The molecule has 0 bridgehead atoms. The van der Waals surface area contributed by atoms with Crippen molar-refractivity contribution in [3.63, 3.8) is 0 Å². The molecule has 1 fully saturated rings. The lowest BCUT2D eigenvalue weighted by Crippen LogP contribution is -2.32. The Kier molecular flexibility index (Phi) is 3.31. The highest BCUT2D eigenvalue weighted by atomic mass is 32.1. The van der Waals surface area contributed by atoms with Gasteiger partial charge < -0.3 is 14.9 Å². The molecule has 1 unspecified atom stereocenters. The first-order valence-electron chi connectivity index (χ1n) is 3.72. The van der Waals surface area contributed by atoms with Crippen LogP contribution in [0.1, 0.15) is 6.92 Å². The molecule has 1 saturated heterocycles. The monoisotopic (exact) mass is 189 g/mol. The molecule has 2 N–H and O–H groups in total. The Morgan fingerprint density at radius 3 is 2.58 bits per heavy atom. The van der Waals surface area contributed by atoms with Gasteiger partial charge in [0, 0.05) is 0 Å². The number of aliphatic imine (C=N–C) groups is 1. The number of rotatable bonds is 2. The summed E-state index contributed by atoms with van der Waals surface area (Å²) in [6.07, 6.45) is -2.49. The van der Waals surface area contributed by atoms with Gasteiger partial charge in [0.2, 0.25) is 0 Å². The van der Waals surface area contributed by atoms with Gasteiger partial charge in [-0.2, -0.15) is 0 Å². The Morgan fingerprint density at radius 2 is 2.17 bits per heavy atom. The Hall–Kier alpha value is -0.320. The predicted octanol–water partition coefficient (Wildman–Crippen LogP) is -0.402. The lowest BCUT2D eigenvalue weighted by Gasteiger charge is -2.10. The van der Waals surface area contributed by atoms with Crippen molar-refractivity contribution in [2.45, 2.75) is 31.3 Å². The molecule has 68 valence electrons. The summed E-state index contributed by atoms with van der Waals surface area (Å²) in [5.74, 6) is 0. The van der Waals surface area contributed by atoms with E-state index in [0.29, 0.717) is 0 Å². The molecule has 0 saturated carbocycles. The standard InChI is InChI=1S/C7H11NO3S/c1-4-6(9)7(10)5(11-4)2-8-3-12/h4-7,9-10H,2H2,1H3/t4-,5+,6?,7-/m0/s1. The van der Waals surface area contributed by atoms with Crippen LogP contribution in [0.25, 0.3) is 0 Å². The van der Waals surface area contributed by atoms with Crippen molar-refractivity contribution in [1.29, 1.82) is 0 Å². The second kappa shape index (κ2) is 4.07. The van der Waals surface area contributed by atoms with Crippen molar-refractivity contribution in [3.05, 3.63) is 0 Å². The van der Waals surface area contributed by atoms with Crippen LogP contribution >= 0.6 is 12.2 Å². The highest BCUT2D eigenvalue weighted by molar-refractivity contribution is 7.78. The zero-order valence-corrected chi connectivity index (χ0v) is 7.49. The number of nitrogens with zero attached hydrogens (tertiary/aromatic N) is 1. The van der Waals surface area contributed by atoms with Crippen LogP contribution in [0.4, 0.5) is 0 Å². The van der Waals surface area contributed by atoms with Gasteiger partial charge in [0.15, 0.2) is 0 Å². The maximum absolute atomic E-state index is 9.36. The summed E-state index contributed by atoms with van der Waals surface area (Å²) in [6.45, 7) is 1.96. The molecule has 1 rings (SSSR count). The third-order valence-electron chi connectivity index (χ3n) is 1.94. The summed E-state index contributed by atoms with van der Waals surface area (Å²) >= 11 is 4.37. The molecule has 1 heterocycles. The lowest BCUT2D eigenvalue weighted by atomic mass is 10.1. The summed E-state index contributed by atoms with van der Waals surface area (Å²) in [5, 5.41) is 20.8. The summed E-state index contributed by atoms with van der Waals surface area (Å²) in [4.78, 5) is 3.64. The highest BCUT2D eigenvalue weighted by Gasteiger charge is 2.39. The largest absolute Gasteiger partial charge is 0.388 e. The third-order valence-corrected chi connectivity index (χ3v) is 2.07. The number of isothiocyanates is 1. The lowest BCUT2D eigenvalue weighted by molar-refractivity contribution is 0.0227. The van der Waals surface area contributed by atoms with Crippen molar-refractivity contribution in [2.24, 2.45) is 4.99 Å². The van der Waals surface area contributed by atoms with Gasteiger partial charge in [-0.3, -0.25) is 0 Å². The molecule has 4 nitrogen and oxygen atoms in total. The molecule has 0 aliphatic carbocycles. The molecule has 0 radical (unpaired) electrons. The van der Waals surface area contributed by atoms with Crippen molar-refractivity contribution < 1.29 is 14.9 Å². The minimum atomic E-state index is -0.868. The first-order valence-corrected chi connectivity index (χ1v) is 4.13. The molecule has 0 spiro atoms. The van der Waals surface area contributed by atoms with Gasteiger partial charge in [-0.1, -0.05) is 0 Å². The number of thiocarbonyl (C=S) groups is 1. The van der Waals surface area contributed by atoms with E-state index in [1.165, 1.54) is 0 Å². The van der Waals surface area contributed by atoms with Crippen LogP contribution in [0.2, 0.25) is 0 Å². The number of ether oxygens (including phenoxy) is 1. The average molecular weight is 189 g/mol. The van der Waals surface area contributed by atoms with Crippen LogP contribution in [0.5, 0.6) is 0 Å². The molecule has 5 heteroatoms. The summed E-state index contributed by atoms with van der Waals surface area (Å²) in [7, 11) is 0.